The maximum atomic E-state index is 12.3. The van der Waals surface area contributed by atoms with Crippen molar-refractivity contribution in [3.8, 4) is 0 Å². The van der Waals surface area contributed by atoms with E-state index in [-0.39, 0.29) is 50.0 Å². The second-order valence-electron chi connectivity index (χ2n) is 8.30. The Bertz CT molecular complexity index is 846. The summed E-state index contributed by atoms with van der Waals surface area (Å²) in [5, 5.41) is 14.3. The third-order valence-corrected chi connectivity index (χ3v) is 4.71. The van der Waals surface area contributed by atoms with Gasteiger partial charge in [0.25, 0.3) is 13.1 Å². The first-order valence-corrected chi connectivity index (χ1v) is 11.6. The van der Waals surface area contributed by atoms with Gasteiger partial charge in [-0.05, 0) is 44.9 Å². The van der Waals surface area contributed by atoms with Gasteiger partial charge in [-0.1, -0.05) is 0 Å². The van der Waals surface area contributed by atoms with Gasteiger partial charge in [0.15, 0.2) is 0 Å². The monoisotopic (exact) mass is 516 g/mol. The predicted molar refractivity (Wildman–Crippen MR) is 130 cm³/mol. The molecule has 0 aliphatic carbocycles. The Morgan fingerprint density at radius 3 is 2.44 bits per heavy atom. The number of nitrogens with one attached hydrogen (secondary N) is 1. The topological polar surface area (TPSA) is 128 Å². The summed E-state index contributed by atoms with van der Waals surface area (Å²) in [6, 6.07) is 3.68. The van der Waals surface area contributed by atoms with Crippen molar-refractivity contribution in [1.82, 2.24) is 10.1 Å². The maximum absolute atomic E-state index is 12.3. The minimum absolute atomic E-state index is 0.0479. The zero-order valence-electron chi connectivity index (χ0n) is 19.4. The lowest BCUT2D eigenvalue weighted by atomic mass is 9.92. The van der Waals surface area contributed by atoms with Crippen LogP contribution in [-0.4, -0.2) is 72.0 Å². The van der Waals surface area contributed by atoms with E-state index in [1.54, 1.807) is 20.8 Å². The highest BCUT2D eigenvalue weighted by Gasteiger charge is 2.24. The summed E-state index contributed by atoms with van der Waals surface area (Å²) in [5.41, 5.74) is -0.0477. The zero-order valence-corrected chi connectivity index (χ0v) is 20.9. The van der Waals surface area contributed by atoms with Gasteiger partial charge in [0.1, 0.15) is 12.2 Å². The van der Waals surface area contributed by atoms with Crippen molar-refractivity contribution in [1.29, 1.82) is 0 Å². The molecule has 0 aliphatic rings. The molecule has 0 saturated heterocycles. The lowest BCUT2D eigenvalue weighted by molar-refractivity contribution is -0.385. The Morgan fingerprint density at radius 1 is 1.26 bits per heavy atom. The standard InChI is InChI=1S/C21H29BCl2N3O7/c1-21(2,3)34-19(29)12-17(25-22-14-28)11-16-10-15(4-5-18(16)27(31)32)13-33-20(30)26(8-6-23)9-7-24/h4-5,10,14,17,25H,6-9,11-13H2,1-3H3/t17-/m0/s1. The summed E-state index contributed by atoms with van der Waals surface area (Å²) in [6.07, 6.45) is -0.165. The second-order valence-corrected chi connectivity index (χ2v) is 9.06. The third-order valence-electron chi connectivity index (χ3n) is 4.37. The second kappa shape index (κ2) is 14.8. The quantitative estimate of drug-likeness (QED) is 0.0997. The van der Waals surface area contributed by atoms with Crippen LogP contribution >= 0.6 is 23.2 Å². The number of nitro benzene ring substituents is 1. The Morgan fingerprint density at radius 2 is 1.91 bits per heavy atom. The van der Waals surface area contributed by atoms with Gasteiger partial charge in [-0.2, -0.15) is 0 Å². The van der Waals surface area contributed by atoms with E-state index < -0.39 is 28.6 Å². The largest absolute Gasteiger partial charge is 0.460 e. The van der Waals surface area contributed by atoms with Gasteiger partial charge < -0.3 is 24.4 Å². The number of nitro groups is 1. The molecule has 0 spiro atoms. The van der Waals surface area contributed by atoms with E-state index in [0.717, 1.165) is 7.41 Å². The summed E-state index contributed by atoms with van der Waals surface area (Å²) in [5.74, 6) is -0.0784. The van der Waals surface area contributed by atoms with Crippen LogP contribution in [0.15, 0.2) is 18.2 Å². The fourth-order valence-electron chi connectivity index (χ4n) is 3.02. The predicted octanol–water partition coefficient (Wildman–Crippen LogP) is 3.05. The number of hydrogen-bond acceptors (Lipinski definition) is 8. The van der Waals surface area contributed by atoms with Crippen LogP contribution in [0.2, 0.25) is 0 Å². The van der Waals surface area contributed by atoms with Gasteiger partial charge in [0, 0.05) is 42.5 Å². The molecule has 1 N–H and O–H groups in total. The number of carbonyl (C=O) groups is 3. The Hall–Kier alpha value is -2.37. The number of carbonyl (C=O) groups excluding carboxylic acids is 3. The van der Waals surface area contributed by atoms with Gasteiger partial charge in [-0.3, -0.25) is 14.9 Å². The molecule has 187 valence electrons. The molecule has 0 saturated carbocycles. The highest BCUT2D eigenvalue weighted by molar-refractivity contribution is 6.64. The van der Waals surface area contributed by atoms with Crippen molar-refractivity contribution in [3.05, 3.63) is 39.4 Å². The molecule has 0 fully saturated rings. The van der Waals surface area contributed by atoms with Crippen LogP contribution in [0.4, 0.5) is 10.5 Å². The number of halogens is 2. The van der Waals surface area contributed by atoms with Crippen molar-refractivity contribution < 1.29 is 28.8 Å². The third kappa shape index (κ3) is 11.2. The molecule has 0 heterocycles. The van der Waals surface area contributed by atoms with Crippen LogP contribution in [0.3, 0.4) is 0 Å². The molecule has 0 unspecified atom stereocenters. The molecule has 1 aromatic carbocycles. The van der Waals surface area contributed by atoms with Crippen LogP contribution in [0.5, 0.6) is 0 Å². The molecule has 10 nitrogen and oxygen atoms in total. The SMILES string of the molecule is CC(C)(C)OC(=O)C[C@H](Cc1cc(COC(=O)N(CCCl)CCCl)ccc1[N+](=O)[O-])N[B]C=O. The van der Waals surface area contributed by atoms with Crippen LogP contribution in [0.1, 0.15) is 38.3 Å². The summed E-state index contributed by atoms with van der Waals surface area (Å²) >= 11 is 11.4. The van der Waals surface area contributed by atoms with Gasteiger partial charge in [-0.15, -0.1) is 23.2 Å². The maximum Gasteiger partial charge on any atom is 0.410 e. The molecule has 13 heteroatoms. The first-order chi connectivity index (χ1) is 16.0. The molecule has 1 radical (unpaired) electrons. The van der Waals surface area contributed by atoms with E-state index in [1.165, 1.54) is 23.1 Å². The van der Waals surface area contributed by atoms with E-state index in [4.69, 9.17) is 32.7 Å². The Balaban J connectivity index is 3.03. The normalized spacial score (nSPS) is 11.9. The van der Waals surface area contributed by atoms with Crippen LogP contribution in [0, 0.1) is 10.1 Å². The van der Waals surface area contributed by atoms with Crippen LogP contribution < -0.4 is 5.23 Å². The number of esters is 1. The first kappa shape index (κ1) is 29.7. The molecule has 0 aromatic heterocycles. The molecule has 1 atom stereocenters. The Kier molecular flexibility index (Phi) is 12.9. The molecule has 0 aliphatic heterocycles. The average molecular weight is 517 g/mol. The fraction of sp³-hybridized carbons (Fsp3) is 0.571. The molecule has 0 bridgehead atoms. The smallest absolute Gasteiger partial charge is 0.410 e. The molecular weight excluding hydrogens is 488 g/mol. The molecule has 1 amide bonds. The number of benzene rings is 1. The van der Waals surface area contributed by atoms with E-state index in [9.17, 15) is 24.5 Å². The van der Waals surface area contributed by atoms with Gasteiger partial charge in [-0.25, -0.2) is 4.79 Å². The van der Waals surface area contributed by atoms with E-state index in [1.807, 2.05) is 0 Å². The van der Waals surface area contributed by atoms with E-state index in [0.29, 0.717) is 17.3 Å². The van der Waals surface area contributed by atoms with Crippen molar-refractivity contribution >= 4 is 54.6 Å². The fourth-order valence-corrected chi connectivity index (χ4v) is 3.43. The number of amides is 1. The number of rotatable bonds is 14. The van der Waals surface area contributed by atoms with Crippen LogP contribution in [-0.2, 0) is 32.1 Å². The molecule has 1 rings (SSSR count). The highest BCUT2D eigenvalue weighted by Crippen LogP contribution is 2.23. The number of hydrogen-bond donors (Lipinski definition) is 1. The minimum Gasteiger partial charge on any atom is -0.460 e. The lowest BCUT2D eigenvalue weighted by Crippen LogP contribution is -2.38. The van der Waals surface area contributed by atoms with Crippen molar-refractivity contribution in [2.24, 2.45) is 0 Å². The average Bonchev–Trinajstić information content (AvgIpc) is 2.74. The molecule has 1 aromatic rings. The summed E-state index contributed by atoms with van der Waals surface area (Å²) < 4.78 is 10.6. The highest BCUT2D eigenvalue weighted by atomic mass is 35.5. The van der Waals surface area contributed by atoms with Crippen molar-refractivity contribution in [2.45, 2.75) is 51.9 Å². The van der Waals surface area contributed by atoms with Gasteiger partial charge >= 0.3 is 12.1 Å². The molecular formula is C21H29BCl2N3O7. The van der Waals surface area contributed by atoms with E-state index in [2.05, 4.69) is 5.23 Å². The van der Waals surface area contributed by atoms with Crippen LogP contribution in [0.25, 0.3) is 0 Å². The summed E-state index contributed by atoms with van der Waals surface area (Å²) in [7, 11) is 1.12. The summed E-state index contributed by atoms with van der Waals surface area (Å²) in [4.78, 5) is 47.7. The van der Waals surface area contributed by atoms with Crippen molar-refractivity contribution in [2.75, 3.05) is 24.8 Å². The number of alkyl halides is 2. The van der Waals surface area contributed by atoms with Crippen molar-refractivity contribution in [3.63, 3.8) is 0 Å². The lowest BCUT2D eigenvalue weighted by Gasteiger charge is -2.23. The van der Waals surface area contributed by atoms with Gasteiger partial charge in [0.2, 0.25) is 0 Å². The van der Waals surface area contributed by atoms with Gasteiger partial charge in [0.05, 0.1) is 17.5 Å². The number of ether oxygens (including phenoxy) is 2. The molecule has 34 heavy (non-hydrogen) atoms. The Labute approximate surface area is 209 Å². The summed E-state index contributed by atoms with van der Waals surface area (Å²) in [6.45, 7) is 5.58. The number of nitrogens with zero attached hydrogens (tertiary/aromatic N) is 2. The first-order valence-electron chi connectivity index (χ1n) is 10.6. The minimum atomic E-state index is -0.702. The zero-order chi connectivity index (χ0) is 25.7. The van der Waals surface area contributed by atoms with E-state index >= 15 is 0 Å².